The van der Waals surface area contributed by atoms with Gasteiger partial charge in [0.1, 0.15) is 4.88 Å². The molecule has 0 aliphatic carbocycles. The number of rotatable bonds is 5. The van der Waals surface area contributed by atoms with Crippen molar-refractivity contribution in [1.29, 1.82) is 0 Å². The summed E-state index contributed by atoms with van der Waals surface area (Å²) in [6, 6.07) is 9.22. The van der Waals surface area contributed by atoms with Crippen LogP contribution < -0.4 is 15.4 Å². The highest BCUT2D eigenvalue weighted by Crippen LogP contribution is 2.25. The van der Waals surface area contributed by atoms with Gasteiger partial charge in [0.2, 0.25) is 5.88 Å². The van der Waals surface area contributed by atoms with Crippen LogP contribution >= 0.6 is 11.3 Å². The third kappa shape index (κ3) is 3.33. The minimum Gasteiger partial charge on any atom is -0.481 e. The number of anilines is 3. The normalized spacial score (nSPS) is 10.7. The Hall–Kier alpha value is -3.46. The van der Waals surface area contributed by atoms with Gasteiger partial charge >= 0.3 is 0 Å². The van der Waals surface area contributed by atoms with Crippen LogP contribution in [0.2, 0.25) is 0 Å². The lowest BCUT2D eigenvalue weighted by atomic mass is 10.2. The Kier molecular flexibility index (Phi) is 4.20. The van der Waals surface area contributed by atoms with Crippen molar-refractivity contribution >= 4 is 44.7 Å². The molecule has 0 saturated carbocycles. The molecule has 1 aromatic carbocycles. The number of fused-ring (bicyclic) bond motifs is 1. The van der Waals surface area contributed by atoms with E-state index in [0.717, 1.165) is 16.6 Å². The van der Waals surface area contributed by atoms with Gasteiger partial charge in [0.15, 0.2) is 5.13 Å². The topological polar surface area (TPSA) is 105 Å². The second kappa shape index (κ2) is 6.81. The van der Waals surface area contributed by atoms with Crippen LogP contribution in [0.4, 0.5) is 16.5 Å². The van der Waals surface area contributed by atoms with Crippen molar-refractivity contribution in [3.63, 3.8) is 0 Å². The fourth-order valence-electron chi connectivity index (χ4n) is 2.35. The zero-order chi connectivity index (χ0) is 17.9. The molecule has 26 heavy (non-hydrogen) atoms. The molecule has 4 aromatic rings. The Morgan fingerprint density at radius 1 is 1.12 bits per heavy atom. The molecule has 0 atom stereocenters. The smallest absolute Gasteiger partial charge is 0.267 e. The fourth-order valence-corrected chi connectivity index (χ4v) is 3.08. The predicted octanol–water partition coefficient (Wildman–Crippen LogP) is 3.42. The summed E-state index contributed by atoms with van der Waals surface area (Å²) < 4.78 is 4.99. The molecule has 3 heterocycles. The van der Waals surface area contributed by atoms with Gasteiger partial charge in [-0.25, -0.2) is 9.97 Å². The first-order chi connectivity index (χ1) is 12.7. The quantitative estimate of drug-likeness (QED) is 0.500. The monoisotopic (exact) mass is 366 g/mol. The highest BCUT2D eigenvalue weighted by atomic mass is 32.1. The van der Waals surface area contributed by atoms with Crippen molar-refractivity contribution in [3.05, 3.63) is 53.8 Å². The molecule has 9 heteroatoms. The minimum atomic E-state index is -0.243. The summed E-state index contributed by atoms with van der Waals surface area (Å²) in [6.45, 7) is 0. The second-order valence-electron chi connectivity index (χ2n) is 5.37. The molecule has 3 aromatic heterocycles. The lowest BCUT2D eigenvalue weighted by Crippen LogP contribution is -2.10. The first-order valence-corrected chi connectivity index (χ1v) is 8.50. The average Bonchev–Trinajstić information content (AvgIpc) is 3.31. The number of nitrogens with zero attached hydrogens (tertiary/aromatic N) is 3. The van der Waals surface area contributed by atoms with E-state index in [9.17, 15) is 4.79 Å². The van der Waals surface area contributed by atoms with Gasteiger partial charge in [-0.2, -0.15) is 5.10 Å². The standard InChI is InChI=1S/C17H14N6O2S/c1-25-15-5-3-12(8-18-15)21-16(24)14-9-19-17(26-14)22-11-2-4-13-10(6-11)7-20-23-13/h2-9H,1H3,(H,19,22)(H,20,23)(H,21,24). The summed E-state index contributed by atoms with van der Waals surface area (Å²) in [5.74, 6) is 0.245. The van der Waals surface area contributed by atoms with Crippen molar-refractivity contribution in [1.82, 2.24) is 20.2 Å². The average molecular weight is 366 g/mol. The van der Waals surface area contributed by atoms with Crippen LogP contribution in [0, 0.1) is 0 Å². The summed E-state index contributed by atoms with van der Waals surface area (Å²) in [5, 5.41) is 14.5. The molecule has 8 nitrogen and oxygen atoms in total. The molecule has 0 fully saturated rings. The number of aromatic nitrogens is 4. The zero-order valence-electron chi connectivity index (χ0n) is 13.7. The summed E-state index contributed by atoms with van der Waals surface area (Å²) in [7, 11) is 1.54. The Morgan fingerprint density at radius 3 is 2.81 bits per heavy atom. The largest absolute Gasteiger partial charge is 0.481 e. The maximum Gasteiger partial charge on any atom is 0.267 e. The van der Waals surface area contributed by atoms with Gasteiger partial charge in [-0.05, 0) is 24.3 Å². The van der Waals surface area contributed by atoms with Gasteiger partial charge < -0.3 is 15.4 Å². The van der Waals surface area contributed by atoms with Crippen molar-refractivity contribution < 1.29 is 9.53 Å². The number of carbonyl (C=O) groups excluding carboxylic acids is 1. The molecule has 0 aliphatic heterocycles. The Balaban J connectivity index is 1.45. The van der Waals surface area contributed by atoms with E-state index in [1.807, 2.05) is 18.2 Å². The van der Waals surface area contributed by atoms with E-state index in [0.29, 0.717) is 21.6 Å². The molecule has 0 aliphatic rings. The van der Waals surface area contributed by atoms with Gasteiger partial charge in [-0.1, -0.05) is 11.3 Å². The number of aromatic amines is 1. The Labute approximate surface area is 152 Å². The highest BCUT2D eigenvalue weighted by molar-refractivity contribution is 7.17. The van der Waals surface area contributed by atoms with Crippen LogP contribution in [-0.4, -0.2) is 33.2 Å². The first kappa shape index (κ1) is 16.0. The van der Waals surface area contributed by atoms with Crippen LogP contribution in [0.3, 0.4) is 0 Å². The fraction of sp³-hybridized carbons (Fsp3) is 0.0588. The van der Waals surface area contributed by atoms with Gasteiger partial charge in [0.05, 0.1) is 36.9 Å². The van der Waals surface area contributed by atoms with Gasteiger partial charge in [0, 0.05) is 17.1 Å². The minimum absolute atomic E-state index is 0.243. The molecule has 4 rings (SSSR count). The maximum absolute atomic E-state index is 12.3. The number of carbonyl (C=O) groups is 1. The molecule has 0 unspecified atom stereocenters. The van der Waals surface area contributed by atoms with E-state index >= 15 is 0 Å². The zero-order valence-corrected chi connectivity index (χ0v) is 14.5. The lowest BCUT2D eigenvalue weighted by Gasteiger charge is -2.04. The number of methoxy groups -OCH3 is 1. The number of amides is 1. The molecular weight excluding hydrogens is 352 g/mol. The van der Waals surface area contributed by atoms with E-state index in [2.05, 4.69) is 30.8 Å². The van der Waals surface area contributed by atoms with Gasteiger partial charge in [-0.3, -0.25) is 9.89 Å². The van der Waals surface area contributed by atoms with Crippen molar-refractivity contribution in [2.45, 2.75) is 0 Å². The lowest BCUT2D eigenvalue weighted by molar-refractivity contribution is 0.103. The van der Waals surface area contributed by atoms with Gasteiger partial charge in [0.25, 0.3) is 5.91 Å². The Bertz CT molecular complexity index is 1060. The molecule has 0 spiro atoms. The molecule has 0 bridgehead atoms. The van der Waals surface area contributed by atoms with Crippen LogP contribution in [-0.2, 0) is 0 Å². The number of benzene rings is 1. The van der Waals surface area contributed by atoms with E-state index < -0.39 is 0 Å². The number of ether oxygens (including phenoxy) is 1. The number of nitrogens with one attached hydrogen (secondary N) is 3. The van der Waals surface area contributed by atoms with Crippen molar-refractivity contribution in [3.8, 4) is 5.88 Å². The molecule has 0 radical (unpaired) electrons. The number of H-pyrrole nitrogens is 1. The SMILES string of the molecule is COc1ccc(NC(=O)c2cnc(Nc3ccc4[nH]ncc4c3)s2)cn1. The van der Waals surface area contributed by atoms with Crippen LogP contribution in [0.15, 0.2) is 48.9 Å². The number of hydrogen-bond donors (Lipinski definition) is 3. The maximum atomic E-state index is 12.3. The summed E-state index contributed by atoms with van der Waals surface area (Å²) in [5.41, 5.74) is 2.42. The third-order valence-corrected chi connectivity index (χ3v) is 4.54. The molecular formula is C17H14N6O2S. The summed E-state index contributed by atoms with van der Waals surface area (Å²) >= 11 is 1.27. The second-order valence-corrected chi connectivity index (χ2v) is 6.40. The molecule has 1 amide bonds. The van der Waals surface area contributed by atoms with E-state index in [1.54, 1.807) is 18.3 Å². The molecule has 0 saturated heterocycles. The van der Waals surface area contributed by atoms with Crippen LogP contribution in [0.25, 0.3) is 10.9 Å². The first-order valence-electron chi connectivity index (χ1n) is 7.68. The van der Waals surface area contributed by atoms with E-state index in [4.69, 9.17) is 4.74 Å². The number of pyridine rings is 1. The van der Waals surface area contributed by atoms with Crippen LogP contribution in [0.5, 0.6) is 5.88 Å². The highest BCUT2D eigenvalue weighted by Gasteiger charge is 2.12. The Morgan fingerprint density at radius 2 is 2.00 bits per heavy atom. The number of thiazole rings is 1. The summed E-state index contributed by atoms with van der Waals surface area (Å²) in [4.78, 5) is 21.1. The predicted molar refractivity (Wildman–Crippen MR) is 100 cm³/mol. The van der Waals surface area contributed by atoms with Crippen molar-refractivity contribution in [2.24, 2.45) is 0 Å². The molecule has 130 valence electrons. The third-order valence-electron chi connectivity index (χ3n) is 3.62. The molecule has 3 N–H and O–H groups in total. The van der Waals surface area contributed by atoms with Crippen molar-refractivity contribution in [2.75, 3.05) is 17.7 Å². The number of hydrogen-bond acceptors (Lipinski definition) is 7. The summed E-state index contributed by atoms with van der Waals surface area (Å²) in [6.07, 6.45) is 4.83. The van der Waals surface area contributed by atoms with E-state index in [-0.39, 0.29) is 5.91 Å². The van der Waals surface area contributed by atoms with Crippen LogP contribution in [0.1, 0.15) is 9.67 Å². The van der Waals surface area contributed by atoms with E-state index in [1.165, 1.54) is 30.8 Å². The van der Waals surface area contributed by atoms with Gasteiger partial charge in [-0.15, -0.1) is 0 Å².